The molecule has 0 saturated heterocycles. The topological polar surface area (TPSA) is 38.0 Å². The van der Waals surface area contributed by atoms with E-state index in [-0.39, 0.29) is 5.54 Å². The second kappa shape index (κ2) is 8.10. The quantitative estimate of drug-likeness (QED) is 0.573. The summed E-state index contributed by atoms with van der Waals surface area (Å²) in [7, 11) is 0. The van der Waals surface area contributed by atoms with Gasteiger partial charge in [0.1, 0.15) is 0 Å². The Balaban J connectivity index is 3.85. The van der Waals surface area contributed by atoms with Crippen LogP contribution >= 0.6 is 0 Å². The molecule has 0 aliphatic carbocycles. The van der Waals surface area contributed by atoms with E-state index in [1.54, 1.807) is 0 Å². The van der Waals surface area contributed by atoms with Crippen LogP contribution in [0.3, 0.4) is 0 Å². The molecule has 0 fully saturated rings. The zero-order chi connectivity index (χ0) is 13.4. The third-order valence-electron chi connectivity index (χ3n) is 3.95. The average Bonchev–Trinajstić information content (AvgIpc) is 2.28. The summed E-state index contributed by atoms with van der Waals surface area (Å²) in [6.45, 7) is 13.3. The van der Waals surface area contributed by atoms with Crippen molar-refractivity contribution in [1.29, 1.82) is 0 Å². The highest BCUT2D eigenvalue weighted by Gasteiger charge is 2.22. The van der Waals surface area contributed by atoms with Gasteiger partial charge in [-0.3, -0.25) is 0 Å². The minimum atomic E-state index is -0.0144. The lowest BCUT2D eigenvalue weighted by Crippen LogP contribution is -2.49. The van der Waals surface area contributed by atoms with Crippen LogP contribution in [-0.4, -0.2) is 18.6 Å². The van der Waals surface area contributed by atoms with E-state index in [1.807, 2.05) is 0 Å². The van der Waals surface area contributed by atoms with Gasteiger partial charge in [-0.25, -0.2) is 0 Å². The van der Waals surface area contributed by atoms with Crippen LogP contribution in [0.15, 0.2) is 0 Å². The number of rotatable bonds is 10. The van der Waals surface area contributed by atoms with Crippen molar-refractivity contribution in [3.8, 4) is 0 Å². The summed E-state index contributed by atoms with van der Waals surface area (Å²) in [6, 6.07) is 0. The number of hydrogen-bond donors (Lipinski definition) is 2. The first-order valence-corrected chi connectivity index (χ1v) is 7.38. The summed E-state index contributed by atoms with van der Waals surface area (Å²) in [5.41, 5.74) is 6.67. The first kappa shape index (κ1) is 16.9. The molecule has 104 valence electrons. The third-order valence-corrected chi connectivity index (χ3v) is 3.95. The molecule has 0 radical (unpaired) electrons. The van der Waals surface area contributed by atoms with Gasteiger partial charge in [0.2, 0.25) is 0 Å². The minimum Gasteiger partial charge on any atom is -0.324 e. The molecule has 2 nitrogen and oxygen atoms in total. The molecule has 0 aliphatic rings. The number of unbranched alkanes of at least 4 members (excludes halogenated alkanes) is 2. The molecule has 17 heavy (non-hydrogen) atoms. The van der Waals surface area contributed by atoms with Crippen LogP contribution in [0.2, 0.25) is 0 Å². The molecular formula is C15H34N2. The second-order valence-corrected chi connectivity index (χ2v) is 6.29. The van der Waals surface area contributed by atoms with Crippen LogP contribution in [0.25, 0.3) is 0 Å². The van der Waals surface area contributed by atoms with Gasteiger partial charge < -0.3 is 11.1 Å². The van der Waals surface area contributed by atoms with Crippen molar-refractivity contribution in [2.75, 3.05) is 13.1 Å². The average molecular weight is 242 g/mol. The second-order valence-electron chi connectivity index (χ2n) is 6.29. The van der Waals surface area contributed by atoms with Crippen LogP contribution in [0.5, 0.6) is 0 Å². The van der Waals surface area contributed by atoms with E-state index in [0.717, 1.165) is 25.9 Å². The van der Waals surface area contributed by atoms with Gasteiger partial charge in [0.25, 0.3) is 0 Å². The Labute approximate surface area is 109 Å². The molecule has 0 aliphatic heterocycles. The van der Waals surface area contributed by atoms with Crippen molar-refractivity contribution in [2.24, 2.45) is 11.1 Å². The Bertz CT molecular complexity index is 183. The standard InChI is InChI=1S/C15H34N2/c1-6-9-10-11-14(4,5)12-17-13-15(16,7-2)8-3/h17H,6-13,16H2,1-5H3. The molecule has 0 atom stereocenters. The van der Waals surface area contributed by atoms with Crippen molar-refractivity contribution in [3.05, 3.63) is 0 Å². The molecule has 0 heterocycles. The smallest absolute Gasteiger partial charge is 0.0275 e. The van der Waals surface area contributed by atoms with Gasteiger partial charge in [0.05, 0.1) is 0 Å². The van der Waals surface area contributed by atoms with E-state index in [1.165, 1.54) is 25.7 Å². The highest BCUT2D eigenvalue weighted by Crippen LogP contribution is 2.23. The van der Waals surface area contributed by atoms with Gasteiger partial charge >= 0.3 is 0 Å². The van der Waals surface area contributed by atoms with Crippen LogP contribution in [0.4, 0.5) is 0 Å². The summed E-state index contributed by atoms with van der Waals surface area (Å²) in [5.74, 6) is 0. The first-order chi connectivity index (χ1) is 7.89. The molecule has 0 saturated carbocycles. The third kappa shape index (κ3) is 7.77. The van der Waals surface area contributed by atoms with Gasteiger partial charge in [-0.1, -0.05) is 53.9 Å². The first-order valence-electron chi connectivity index (χ1n) is 7.38. The predicted molar refractivity (Wildman–Crippen MR) is 78.3 cm³/mol. The summed E-state index contributed by atoms with van der Waals surface area (Å²) in [6.07, 6.45) is 7.42. The maximum absolute atomic E-state index is 6.29. The van der Waals surface area contributed by atoms with Gasteiger partial charge in [-0.15, -0.1) is 0 Å². The van der Waals surface area contributed by atoms with Crippen molar-refractivity contribution in [2.45, 2.75) is 78.7 Å². The van der Waals surface area contributed by atoms with Crippen LogP contribution in [0, 0.1) is 5.41 Å². The summed E-state index contributed by atoms with van der Waals surface area (Å²) < 4.78 is 0. The van der Waals surface area contributed by atoms with Crippen molar-refractivity contribution < 1.29 is 0 Å². The summed E-state index contributed by atoms with van der Waals surface area (Å²) in [4.78, 5) is 0. The van der Waals surface area contributed by atoms with Crippen molar-refractivity contribution >= 4 is 0 Å². The van der Waals surface area contributed by atoms with E-state index >= 15 is 0 Å². The Morgan fingerprint density at radius 3 is 2.00 bits per heavy atom. The maximum atomic E-state index is 6.29. The molecule has 3 N–H and O–H groups in total. The van der Waals surface area contributed by atoms with E-state index in [0.29, 0.717) is 5.41 Å². The molecule has 2 heteroatoms. The zero-order valence-corrected chi connectivity index (χ0v) is 12.7. The van der Waals surface area contributed by atoms with Crippen LogP contribution < -0.4 is 11.1 Å². The van der Waals surface area contributed by atoms with Crippen LogP contribution in [-0.2, 0) is 0 Å². The molecule has 0 aromatic heterocycles. The molecule has 0 rings (SSSR count). The summed E-state index contributed by atoms with van der Waals surface area (Å²) in [5, 5.41) is 3.57. The monoisotopic (exact) mass is 242 g/mol. The highest BCUT2D eigenvalue weighted by molar-refractivity contribution is 4.84. The Morgan fingerprint density at radius 1 is 0.941 bits per heavy atom. The molecule has 0 unspecified atom stereocenters. The maximum Gasteiger partial charge on any atom is 0.0275 e. The lowest BCUT2D eigenvalue weighted by Gasteiger charge is -2.31. The van der Waals surface area contributed by atoms with Crippen molar-refractivity contribution in [3.63, 3.8) is 0 Å². The van der Waals surface area contributed by atoms with E-state index < -0.39 is 0 Å². The lowest BCUT2D eigenvalue weighted by atomic mass is 9.86. The van der Waals surface area contributed by atoms with Gasteiger partial charge in [-0.2, -0.15) is 0 Å². The van der Waals surface area contributed by atoms with E-state index in [4.69, 9.17) is 5.73 Å². The van der Waals surface area contributed by atoms with E-state index in [2.05, 4.69) is 39.9 Å². The lowest BCUT2D eigenvalue weighted by molar-refractivity contribution is 0.278. The van der Waals surface area contributed by atoms with Crippen LogP contribution in [0.1, 0.15) is 73.1 Å². The normalized spacial score (nSPS) is 13.1. The largest absolute Gasteiger partial charge is 0.324 e. The number of nitrogens with two attached hydrogens (primary N) is 1. The Hall–Kier alpha value is -0.0800. The fraction of sp³-hybridized carbons (Fsp3) is 1.00. The summed E-state index contributed by atoms with van der Waals surface area (Å²) >= 11 is 0. The predicted octanol–water partition coefficient (Wildman–Crippen LogP) is 3.70. The minimum absolute atomic E-state index is 0.0144. The molecule has 0 spiro atoms. The molecule has 0 bridgehead atoms. The number of hydrogen-bond acceptors (Lipinski definition) is 2. The molecule has 0 aromatic carbocycles. The SMILES string of the molecule is CCCCCC(C)(C)CNCC(N)(CC)CC. The van der Waals surface area contributed by atoms with Gasteiger partial charge in [0, 0.05) is 18.6 Å². The zero-order valence-electron chi connectivity index (χ0n) is 12.7. The van der Waals surface area contributed by atoms with Gasteiger partial charge in [-0.05, 0) is 24.7 Å². The molecular weight excluding hydrogens is 208 g/mol. The molecule has 0 amide bonds. The van der Waals surface area contributed by atoms with Crippen molar-refractivity contribution in [1.82, 2.24) is 5.32 Å². The molecule has 0 aromatic rings. The highest BCUT2D eigenvalue weighted by atomic mass is 14.9. The Kier molecular flexibility index (Phi) is 8.06. The van der Waals surface area contributed by atoms with E-state index in [9.17, 15) is 0 Å². The Morgan fingerprint density at radius 2 is 1.53 bits per heavy atom. The van der Waals surface area contributed by atoms with Gasteiger partial charge in [0.15, 0.2) is 0 Å². The fourth-order valence-corrected chi connectivity index (χ4v) is 2.09. The fourth-order valence-electron chi connectivity index (χ4n) is 2.09. The number of nitrogens with one attached hydrogen (secondary N) is 1.